The quantitative estimate of drug-likeness (QED) is 0.418. The van der Waals surface area contributed by atoms with Gasteiger partial charge in [-0.15, -0.1) is 0 Å². The maximum atomic E-state index is 14.1. The lowest BCUT2D eigenvalue weighted by Gasteiger charge is -2.31. The molecule has 2 aliphatic rings. The molecule has 2 fully saturated rings. The summed E-state index contributed by atoms with van der Waals surface area (Å²) in [5.74, 6) is -2.44. The number of fused-ring (bicyclic) bond motifs is 1. The van der Waals surface area contributed by atoms with Gasteiger partial charge in [-0.25, -0.2) is 0 Å². The molecule has 1 N–H and O–H groups in total. The molecule has 0 bridgehead atoms. The van der Waals surface area contributed by atoms with E-state index in [1.54, 1.807) is 18.2 Å². The number of piperidine rings is 1. The molecule has 1 heterocycles. The third-order valence-electron chi connectivity index (χ3n) is 7.34. The molecule has 0 amide bonds. The fourth-order valence-corrected chi connectivity index (χ4v) is 5.39. The van der Waals surface area contributed by atoms with Crippen molar-refractivity contribution in [2.45, 2.75) is 69.9 Å². The van der Waals surface area contributed by atoms with Gasteiger partial charge in [-0.1, -0.05) is 18.2 Å². The van der Waals surface area contributed by atoms with Crippen LogP contribution in [0.25, 0.3) is 10.8 Å². The van der Waals surface area contributed by atoms with Crippen molar-refractivity contribution in [3.63, 3.8) is 0 Å². The summed E-state index contributed by atoms with van der Waals surface area (Å²) in [7, 11) is 0. The van der Waals surface area contributed by atoms with E-state index in [0.717, 1.165) is 31.5 Å². The van der Waals surface area contributed by atoms with E-state index < -0.39 is 35.9 Å². The molecule has 2 aromatic rings. The summed E-state index contributed by atoms with van der Waals surface area (Å²) >= 11 is 0. The van der Waals surface area contributed by atoms with Crippen molar-refractivity contribution in [1.29, 1.82) is 0 Å². The minimum atomic E-state index is -4.69. The van der Waals surface area contributed by atoms with Crippen molar-refractivity contribution >= 4 is 16.7 Å². The molecule has 0 aromatic heterocycles. The number of hydrogen-bond acceptors (Lipinski definition) is 3. The minimum Gasteiger partial charge on any atom is -0.490 e. The van der Waals surface area contributed by atoms with Crippen LogP contribution in [-0.4, -0.2) is 41.3 Å². The van der Waals surface area contributed by atoms with Gasteiger partial charge >= 0.3 is 18.3 Å². The lowest BCUT2D eigenvalue weighted by Crippen LogP contribution is -2.33. The molecule has 4 rings (SSSR count). The number of likely N-dealkylation sites (tertiary alicyclic amines) is 1. The molecular formula is C26H29F6NO3. The van der Waals surface area contributed by atoms with Gasteiger partial charge in [0.2, 0.25) is 0 Å². The number of carboxylic acid groups (broad SMARTS) is 1. The Kier molecular flexibility index (Phi) is 7.73. The molecule has 1 saturated carbocycles. The van der Waals surface area contributed by atoms with Gasteiger partial charge in [0.05, 0.1) is 12.0 Å². The highest BCUT2D eigenvalue weighted by atomic mass is 19.4. The lowest BCUT2D eigenvalue weighted by molar-refractivity contribution is -0.185. The fourth-order valence-electron chi connectivity index (χ4n) is 5.39. The van der Waals surface area contributed by atoms with Gasteiger partial charge in [-0.3, -0.25) is 9.69 Å². The number of carbonyl (C=O) groups is 1. The molecule has 0 unspecified atom stereocenters. The van der Waals surface area contributed by atoms with Crippen LogP contribution in [0.3, 0.4) is 0 Å². The maximum absolute atomic E-state index is 14.1. The lowest BCUT2D eigenvalue weighted by atomic mass is 9.87. The number of rotatable bonds is 6. The Bertz CT molecular complexity index is 1070. The third kappa shape index (κ3) is 6.44. The number of aliphatic carboxylic acids is 1. The van der Waals surface area contributed by atoms with Gasteiger partial charge in [-0.05, 0) is 86.0 Å². The SMILES string of the molecule is O=C(O)CC1CCN(Cc2ccc3c(C(F)(F)F)c(OC4CCC(C(F)(F)F)CC4)ccc3c2)CC1. The van der Waals surface area contributed by atoms with Crippen molar-refractivity contribution in [3.8, 4) is 5.75 Å². The van der Waals surface area contributed by atoms with E-state index >= 15 is 0 Å². The first kappa shape index (κ1) is 26.6. The molecule has 4 nitrogen and oxygen atoms in total. The van der Waals surface area contributed by atoms with E-state index in [0.29, 0.717) is 11.9 Å². The van der Waals surface area contributed by atoms with Gasteiger partial charge in [0.15, 0.2) is 0 Å². The first-order valence-corrected chi connectivity index (χ1v) is 12.2. The fraction of sp³-hybridized carbons (Fsp3) is 0.577. The molecule has 0 spiro atoms. The number of nitrogens with zero attached hydrogens (tertiary/aromatic N) is 1. The largest absolute Gasteiger partial charge is 0.490 e. The van der Waals surface area contributed by atoms with Crippen LogP contribution >= 0.6 is 0 Å². The van der Waals surface area contributed by atoms with Crippen molar-refractivity contribution in [3.05, 3.63) is 41.5 Å². The summed E-state index contributed by atoms with van der Waals surface area (Å²) in [5.41, 5.74) is -0.0505. The van der Waals surface area contributed by atoms with E-state index in [1.807, 2.05) is 0 Å². The Morgan fingerprint density at radius 3 is 2.19 bits per heavy atom. The van der Waals surface area contributed by atoms with Crippen LogP contribution in [-0.2, 0) is 17.5 Å². The Balaban J connectivity index is 1.48. The third-order valence-corrected chi connectivity index (χ3v) is 7.34. The number of halogens is 6. The highest BCUT2D eigenvalue weighted by Crippen LogP contribution is 2.44. The second kappa shape index (κ2) is 10.5. The Morgan fingerprint density at radius 1 is 0.944 bits per heavy atom. The number of ether oxygens (including phenoxy) is 1. The van der Waals surface area contributed by atoms with Crippen molar-refractivity contribution in [1.82, 2.24) is 4.90 Å². The van der Waals surface area contributed by atoms with Crippen molar-refractivity contribution < 1.29 is 41.0 Å². The average Bonchev–Trinajstić information content (AvgIpc) is 2.79. The van der Waals surface area contributed by atoms with Gasteiger partial charge < -0.3 is 9.84 Å². The summed E-state index contributed by atoms with van der Waals surface area (Å²) in [6.45, 7) is 2.01. The topological polar surface area (TPSA) is 49.8 Å². The van der Waals surface area contributed by atoms with Crippen LogP contribution in [0.4, 0.5) is 26.3 Å². The van der Waals surface area contributed by atoms with Gasteiger partial charge in [0, 0.05) is 13.0 Å². The molecule has 10 heteroatoms. The zero-order chi connectivity index (χ0) is 26.1. The van der Waals surface area contributed by atoms with E-state index in [4.69, 9.17) is 9.84 Å². The molecule has 2 aromatic carbocycles. The zero-order valence-electron chi connectivity index (χ0n) is 19.7. The first-order chi connectivity index (χ1) is 16.9. The Hall–Kier alpha value is -2.49. The predicted molar refractivity (Wildman–Crippen MR) is 122 cm³/mol. The van der Waals surface area contributed by atoms with Crippen LogP contribution < -0.4 is 4.74 Å². The second-order valence-electron chi connectivity index (χ2n) is 9.94. The predicted octanol–water partition coefficient (Wildman–Crippen LogP) is 7.05. The van der Waals surface area contributed by atoms with Crippen LogP contribution in [0, 0.1) is 11.8 Å². The molecule has 1 aliphatic heterocycles. The number of hydrogen-bond donors (Lipinski definition) is 1. The summed E-state index contributed by atoms with van der Waals surface area (Å²) in [4.78, 5) is 13.1. The molecule has 1 saturated heterocycles. The average molecular weight is 518 g/mol. The zero-order valence-corrected chi connectivity index (χ0v) is 19.7. The Labute approximate surface area is 205 Å². The van der Waals surface area contributed by atoms with Gasteiger partial charge in [0.25, 0.3) is 0 Å². The second-order valence-corrected chi connectivity index (χ2v) is 9.94. The van der Waals surface area contributed by atoms with E-state index in [9.17, 15) is 31.1 Å². The van der Waals surface area contributed by atoms with Crippen LogP contribution in [0.5, 0.6) is 5.75 Å². The molecule has 198 valence electrons. The number of carboxylic acids is 1. The van der Waals surface area contributed by atoms with E-state index in [2.05, 4.69) is 4.90 Å². The number of alkyl halides is 6. The standard InChI is InChI=1S/C26H29F6NO3/c27-25(28,29)19-3-5-20(6-4-19)36-22-8-2-18-13-17(1-7-21(18)24(22)26(30,31)32)15-33-11-9-16(10-12-33)14-23(34)35/h1-2,7-8,13,16,19-20H,3-6,9-12,14-15H2,(H,34,35). The number of benzene rings is 2. The molecule has 1 aliphatic carbocycles. The van der Waals surface area contributed by atoms with Crippen LogP contribution in [0.2, 0.25) is 0 Å². The maximum Gasteiger partial charge on any atom is 0.420 e. The van der Waals surface area contributed by atoms with Gasteiger partial charge in [-0.2, -0.15) is 26.3 Å². The highest BCUT2D eigenvalue weighted by molar-refractivity contribution is 5.89. The normalized spacial score (nSPS) is 22.6. The van der Waals surface area contributed by atoms with E-state index in [1.165, 1.54) is 12.1 Å². The monoisotopic (exact) mass is 517 g/mol. The summed E-state index contributed by atoms with van der Waals surface area (Å²) in [6.07, 6.45) is -8.18. The molecule has 0 atom stereocenters. The molecular weight excluding hydrogens is 488 g/mol. The van der Waals surface area contributed by atoms with Crippen molar-refractivity contribution in [2.24, 2.45) is 11.8 Å². The smallest absolute Gasteiger partial charge is 0.420 e. The summed E-state index contributed by atoms with van der Waals surface area (Å²) < 4.78 is 86.6. The van der Waals surface area contributed by atoms with Crippen molar-refractivity contribution in [2.75, 3.05) is 13.1 Å². The summed E-state index contributed by atoms with van der Waals surface area (Å²) in [6, 6.07) is 7.62. The Morgan fingerprint density at radius 2 is 1.61 bits per heavy atom. The molecule has 36 heavy (non-hydrogen) atoms. The van der Waals surface area contributed by atoms with Crippen LogP contribution in [0.15, 0.2) is 30.3 Å². The molecule has 0 radical (unpaired) electrons. The highest BCUT2D eigenvalue weighted by Gasteiger charge is 2.42. The van der Waals surface area contributed by atoms with Crippen LogP contribution in [0.1, 0.15) is 56.1 Å². The first-order valence-electron chi connectivity index (χ1n) is 12.2. The van der Waals surface area contributed by atoms with E-state index in [-0.39, 0.29) is 49.2 Å². The van der Waals surface area contributed by atoms with Gasteiger partial charge in [0.1, 0.15) is 11.3 Å². The minimum absolute atomic E-state index is 0.00658. The summed E-state index contributed by atoms with van der Waals surface area (Å²) in [5, 5.41) is 9.36.